The van der Waals surface area contributed by atoms with Gasteiger partial charge in [-0.15, -0.1) is 0 Å². The van der Waals surface area contributed by atoms with Gasteiger partial charge in [0.2, 0.25) is 0 Å². The Kier molecular flexibility index (Phi) is 3.14. The standard InChI is InChI=1S/C10H9F3O2/c1-6(14)7-2-4-8(5-3-7)9(15)10(11,12)13/h2-5,9,15H,1H3/t9-/m1/s1. The number of halogens is 3. The molecule has 0 saturated carbocycles. The first kappa shape index (κ1) is 11.7. The Morgan fingerprint density at radius 2 is 1.73 bits per heavy atom. The minimum absolute atomic E-state index is 0.233. The molecule has 1 rings (SSSR count). The minimum atomic E-state index is -4.68. The van der Waals surface area contributed by atoms with Crippen LogP contribution in [0.3, 0.4) is 0 Å². The summed E-state index contributed by atoms with van der Waals surface area (Å²) in [4.78, 5) is 10.8. The van der Waals surface area contributed by atoms with E-state index in [4.69, 9.17) is 5.11 Å². The molecule has 0 aliphatic carbocycles. The highest BCUT2D eigenvalue weighted by Gasteiger charge is 2.39. The van der Waals surface area contributed by atoms with Gasteiger partial charge in [-0.1, -0.05) is 24.3 Å². The van der Waals surface area contributed by atoms with Crippen molar-refractivity contribution in [2.75, 3.05) is 0 Å². The summed E-state index contributed by atoms with van der Waals surface area (Å²) >= 11 is 0. The molecule has 0 saturated heterocycles. The van der Waals surface area contributed by atoms with Crippen molar-refractivity contribution >= 4 is 5.78 Å². The number of benzene rings is 1. The van der Waals surface area contributed by atoms with E-state index in [1.807, 2.05) is 0 Å². The van der Waals surface area contributed by atoms with Crippen LogP contribution in [0.4, 0.5) is 13.2 Å². The van der Waals surface area contributed by atoms with E-state index < -0.39 is 12.3 Å². The summed E-state index contributed by atoms with van der Waals surface area (Å²) in [6.07, 6.45) is -7.18. The predicted octanol–water partition coefficient (Wildman–Crippen LogP) is 2.48. The summed E-state index contributed by atoms with van der Waals surface area (Å²) < 4.78 is 36.2. The van der Waals surface area contributed by atoms with Gasteiger partial charge >= 0.3 is 6.18 Å². The van der Waals surface area contributed by atoms with Crippen LogP contribution in [-0.4, -0.2) is 17.1 Å². The van der Waals surface area contributed by atoms with Gasteiger partial charge in [-0.05, 0) is 12.5 Å². The molecule has 1 atom stereocenters. The molecule has 1 aromatic rings. The molecule has 15 heavy (non-hydrogen) atoms. The fourth-order valence-corrected chi connectivity index (χ4v) is 1.09. The Morgan fingerprint density at radius 3 is 2.07 bits per heavy atom. The molecule has 0 spiro atoms. The summed E-state index contributed by atoms with van der Waals surface area (Å²) in [6, 6.07) is 4.70. The van der Waals surface area contributed by atoms with Crippen LogP contribution >= 0.6 is 0 Å². The van der Waals surface area contributed by atoms with E-state index in [9.17, 15) is 18.0 Å². The van der Waals surface area contributed by atoms with Gasteiger partial charge in [-0.25, -0.2) is 0 Å². The molecule has 1 aromatic carbocycles. The lowest BCUT2D eigenvalue weighted by Gasteiger charge is -2.14. The highest BCUT2D eigenvalue weighted by Crippen LogP contribution is 2.32. The molecule has 1 N–H and O–H groups in total. The van der Waals surface area contributed by atoms with Crippen molar-refractivity contribution in [1.82, 2.24) is 0 Å². The molecule has 2 nitrogen and oxygen atoms in total. The van der Waals surface area contributed by atoms with Crippen LogP contribution in [0, 0.1) is 0 Å². The maximum atomic E-state index is 12.1. The largest absolute Gasteiger partial charge is 0.418 e. The molecule has 0 aliphatic heterocycles. The molecule has 0 amide bonds. The fraction of sp³-hybridized carbons (Fsp3) is 0.300. The third kappa shape index (κ3) is 2.79. The van der Waals surface area contributed by atoms with Gasteiger partial charge in [0.05, 0.1) is 0 Å². The monoisotopic (exact) mass is 218 g/mol. The van der Waals surface area contributed by atoms with E-state index in [0.717, 1.165) is 12.1 Å². The van der Waals surface area contributed by atoms with Crippen molar-refractivity contribution < 1.29 is 23.1 Å². The van der Waals surface area contributed by atoms with Crippen LogP contribution in [0.2, 0.25) is 0 Å². The first-order chi connectivity index (χ1) is 6.82. The van der Waals surface area contributed by atoms with E-state index >= 15 is 0 Å². The van der Waals surface area contributed by atoms with Crippen LogP contribution in [0.1, 0.15) is 28.9 Å². The van der Waals surface area contributed by atoms with Crippen molar-refractivity contribution in [3.63, 3.8) is 0 Å². The van der Waals surface area contributed by atoms with Crippen LogP contribution in [0.5, 0.6) is 0 Å². The third-order valence-electron chi connectivity index (χ3n) is 1.94. The van der Waals surface area contributed by atoms with Crippen LogP contribution in [0.25, 0.3) is 0 Å². The van der Waals surface area contributed by atoms with Gasteiger partial charge in [0.1, 0.15) is 0 Å². The number of aliphatic hydroxyl groups excluding tert-OH is 1. The van der Waals surface area contributed by atoms with E-state index in [1.54, 1.807) is 0 Å². The summed E-state index contributed by atoms with van der Waals surface area (Å²) in [5.74, 6) is -0.233. The molecule has 0 aromatic heterocycles. The number of hydrogen-bond acceptors (Lipinski definition) is 2. The number of Topliss-reactive ketones (excluding diaryl/α,β-unsaturated/α-hetero) is 1. The Balaban J connectivity index is 2.94. The molecule has 82 valence electrons. The van der Waals surface area contributed by atoms with Crippen LogP contribution in [-0.2, 0) is 0 Å². The zero-order valence-electron chi connectivity index (χ0n) is 7.88. The van der Waals surface area contributed by atoms with Crippen molar-refractivity contribution in [2.24, 2.45) is 0 Å². The van der Waals surface area contributed by atoms with Crippen LogP contribution < -0.4 is 0 Å². The zero-order valence-corrected chi connectivity index (χ0v) is 7.88. The number of hydrogen-bond donors (Lipinski definition) is 1. The zero-order chi connectivity index (χ0) is 11.6. The molecule has 0 fully saturated rings. The van der Waals surface area contributed by atoms with Gasteiger partial charge in [0.15, 0.2) is 11.9 Å². The molecule has 0 radical (unpaired) electrons. The second kappa shape index (κ2) is 4.02. The second-order valence-electron chi connectivity index (χ2n) is 3.12. The number of rotatable bonds is 2. The molecule has 0 bridgehead atoms. The Hall–Kier alpha value is -1.36. The SMILES string of the molecule is CC(=O)c1ccc([C@@H](O)C(F)(F)F)cc1. The second-order valence-corrected chi connectivity index (χ2v) is 3.12. The minimum Gasteiger partial charge on any atom is -0.379 e. The Labute approximate surface area is 84.3 Å². The number of carbonyl (C=O) groups is 1. The van der Waals surface area contributed by atoms with E-state index in [-0.39, 0.29) is 11.3 Å². The number of alkyl halides is 3. The Bertz CT molecular complexity index is 354. The lowest BCUT2D eigenvalue weighted by molar-refractivity contribution is -0.206. The van der Waals surface area contributed by atoms with Gasteiger partial charge in [-0.2, -0.15) is 13.2 Å². The molecule has 0 aliphatic rings. The normalized spacial score (nSPS) is 13.7. The van der Waals surface area contributed by atoms with Gasteiger partial charge in [0.25, 0.3) is 0 Å². The molecular formula is C10H9F3O2. The highest BCUT2D eigenvalue weighted by molar-refractivity contribution is 5.94. The predicted molar refractivity (Wildman–Crippen MR) is 47.5 cm³/mol. The van der Waals surface area contributed by atoms with Gasteiger partial charge in [0, 0.05) is 5.56 Å². The Morgan fingerprint density at radius 1 is 1.27 bits per heavy atom. The average Bonchev–Trinajstić information content (AvgIpc) is 2.15. The summed E-state index contributed by atoms with van der Waals surface area (Å²) in [6.45, 7) is 1.31. The van der Waals surface area contributed by atoms with Gasteiger partial charge < -0.3 is 5.11 Å². The molecule has 0 heterocycles. The maximum Gasteiger partial charge on any atom is 0.418 e. The third-order valence-corrected chi connectivity index (χ3v) is 1.94. The van der Waals surface area contributed by atoms with Crippen LogP contribution in [0.15, 0.2) is 24.3 Å². The lowest BCUT2D eigenvalue weighted by atomic mass is 10.1. The summed E-state index contributed by atoms with van der Waals surface area (Å²) in [7, 11) is 0. The van der Waals surface area contributed by atoms with Gasteiger partial charge in [-0.3, -0.25) is 4.79 Å². The topological polar surface area (TPSA) is 37.3 Å². The molecular weight excluding hydrogens is 209 g/mol. The average molecular weight is 218 g/mol. The van der Waals surface area contributed by atoms with Crippen molar-refractivity contribution in [1.29, 1.82) is 0 Å². The molecule has 5 heteroatoms. The van der Waals surface area contributed by atoms with Crippen molar-refractivity contribution in [2.45, 2.75) is 19.2 Å². The number of aliphatic hydroxyl groups is 1. The number of carbonyl (C=O) groups excluding carboxylic acids is 1. The maximum absolute atomic E-state index is 12.1. The van der Waals surface area contributed by atoms with Crippen molar-refractivity contribution in [3.8, 4) is 0 Å². The van der Waals surface area contributed by atoms with E-state index in [2.05, 4.69) is 0 Å². The highest BCUT2D eigenvalue weighted by atomic mass is 19.4. The fourth-order valence-electron chi connectivity index (χ4n) is 1.09. The lowest BCUT2D eigenvalue weighted by Crippen LogP contribution is -2.20. The first-order valence-corrected chi connectivity index (χ1v) is 4.18. The van der Waals surface area contributed by atoms with E-state index in [1.165, 1.54) is 19.1 Å². The smallest absolute Gasteiger partial charge is 0.379 e. The molecule has 0 unspecified atom stereocenters. The van der Waals surface area contributed by atoms with E-state index in [0.29, 0.717) is 5.56 Å². The first-order valence-electron chi connectivity index (χ1n) is 4.18. The summed E-state index contributed by atoms with van der Waals surface area (Å²) in [5.41, 5.74) is 0.0422. The van der Waals surface area contributed by atoms with Crippen molar-refractivity contribution in [3.05, 3.63) is 35.4 Å². The quantitative estimate of drug-likeness (QED) is 0.774. The number of ketones is 1. The summed E-state index contributed by atoms with van der Waals surface area (Å²) in [5, 5.41) is 8.88.